The average molecular weight is 336 g/mol. The van der Waals surface area contributed by atoms with Crippen LogP contribution in [0.4, 0.5) is 5.69 Å². The lowest BCUT2D eigenvalue weighted by Crippen LogP contribution is -2.49. The molecule has 1 N–H and O–H groups in total. The van der Waals surface area contributed by atoms with Gasteiger partial charge in [-0.05, 0) is 19.1 Å². The Bertz CT molecular complexity index is 663. The first kappa shape index (κ1) is 15.7. The number of benzene rings is 1. The highest BCUT2D eigenvalue weighted by Gasteiger charge is 2.33. The van der Waals surface area contributed by atoms with Gasteiger partial charge in [0, 0.05) is 11.8 Å². The highest BCUT2D eigenvalue weighted by atomic mass is 32.2. The number of carbonyl (C=O) groups excluding carboxylic acids is 3. The first-order valence-electron chi connectivity index (χ1n) is 7.20. The smallest absolute Gasteiger partial charge is 0.244 e. The minimum absolute atomic E-state index is 0.213. The summed E-state index contributed by atoms with van der Waals surface area (Å²) in [6.45, 7) is 2.40. The van der Waals surface area contributed by atoms with Gasteiger partial charge < -0.3 is 14.8 Å². The zero-order valence-corrected chi connectivity index (χ0v) is 13.4. The molecule has 1 fully saturated rings. The van der Waals surface area contributed by atoms with Crippen LogP contribution in [-0.2, 0) is 14.4 Å². The molecular formula is C15H16N2O5S. The molecule has 0 aliphatic carbocycles. The summed E-state index contributed by atoms with van der Waals surface area (Å²) in [6, 6.07) is 5.05. The molecule has 3 rings (SSSR count). The highest BCUT2D eigenvalue weighted by molar-refractivity contribution is 8.01. The number of thioether (sulfide) groups is 1. The molecule has 0 unspecified atom stereocenters. The molecule has 0 radical (unpaired) electrons. The number of rotatable bonds is 3. The lowest BCUT2D eigenvalue weighted by Gasteiger charge is -2.27. The van der Waals surface area contributed by atoms with Crippen molar-refractivity contribution in [3.05, 3.63) is 18.2 Å². The number of fused-ring (bicyclic) bond motifs is 1. The fraction of sp³-hybridized carbons (Fsp3) is 0.400. The van der Waals surface area contributed by atoms with E-state index < -0.39 is 5.91 Å². The second kappa shape index (κ2) is 6.49. The van der Waals surface area contributed by atoms with Gasteiger partial charge in [-0.25, -0.2) is 0 Å². The molecule has 2 aliphatic heterocycles. The van der Waals surface area contributed by atoms with Gasteiger partial charge in [0.05, 0.1) is 11.0 Å². The van der Waals surface area contributed by atoms with Crippen LogP contribution < -0.4 is 14.8 Å². The lowest BCUT2D eigenvalue weighted by molar-refractivity contribution is -0.145. The van der Waals surface area contributed by atoms with Gasteiger partial charge in [0.25, 0.3) is 0 Å². The normalized spacial score (nSPS) is 20.4. The van der Waals surface area contributed by atoms with Crippen LogP contribution in [0.2, 0.25) is 0 Å². The quantitative estimate of drug-likeness (QED) is 0.825. The Labute approximate surface area is 137 Å². The minimum Gasteiger partial charge on any atom is -0.486 e. The van der Waals surface area contributed by atoms with Crippen LogP contribution in [0, 0.1) is 0 Å². The standard InChI is InChI=1S/C15H16N2O5S/c1-9-15(20)17(14(19)8-23-9)7-13(18)16-10-2-3-11-12(6-10)22-5-4-21-11/h2-3,6,9H,4-5,7-8H2,1H3,(H,16,18)/t9-/m0/s1. The number of hydrogen-bond donors (Lipinski definition) is 1. The topological polar surface area (TPSA) is 84.9 Å². The summed E-state index contributed by atoms with van der Waals surface area (Å²) in [7, 11) is 0. The molecule has 122 valence electrons. The highest BCUT2D eigenvalue weighted by Crippen LogP contribution is 2.32. The van der Waals surface area contributed by atoms with Crippen molar-refractivity contribution in [2.24, 2.45) is 0 Å². The molecule has 0 bridgehead atoms. The van der Waals surface area contributed by atoms with Crippen molar-refractivity contribution in [2.75, 3.05) is 30.8 Å². The Morgan fingerprint density at radius 1 is 1.30 bits per heavy atom. The van der Waals surface area contributed by atoms with E-state index in [-0.39, 0.29) is 29.4 Å². The predicted octanol–water partition coefficient (Wildman–Crippen LogP) is 0.887. The number of nitrogens with one attached hydrogen (secondary N) is 1. The molecule has 0 aromatic heterocycles. The summed E-state index contributed by atoms with van der Waals surface area (Å²) in [5, 5.41) is 2.36. The minimum atomic E-state index is -0.428. The number of hydrogen-bond acceptors (Lipinski definition) is 6. The maximum Gasteiger partial charge on any atom is 0.244 e. The van der Waals surface area contributed by atoms with E-state index in [1.807, 2.05) is 0 Å². The van der Waals surface area contributed by atoms with Gasteiger partial charge in [-0.2, -0.15) is 0 Å². The van der Waals surface area contributed by atoms with Crippen LogP contribution in [0.15, 0.2) is 18.2 Å². The van der Waals surface area contributed by atoms with E-state index in [2.05, 4.69) is 5.32 Å². The van der Waals surface area contributed by atoms with Gasteiger partial charge in [-0.1, -0.05) is 0 Å². The summed E-state index contributed by atoms with van der Waals surface area (Å²) < 4.78 is 10.9. The van der Waals surface area contributed by atoms with Gasteiger partial charge >= 0.3 is 0 Å². The van der Waals surface area contributed by atoms with Crippen LogP contribution >= 0.6 is 11.8 Å². The second-order valence-electron chi connectivity index (χ2n) is 5.18. The molecule has 0 saturated carbocycles. The van der Waals surface area contributed by atoms with Gasteiger partial charge in [0.1, 0.15) is 19.8 Å². The van der Waals surface area contributed by atoms with E-state index >= 15 is 0 Å². The van der Waals surface area contributed by atoms with Gasteiger partial charge in [0.2, 0.25) is 17.7 Å². The van der Waals surface area contributed by atoms with Crippen molar-refractivity contribution in [1.82, 2.24) is 4.90 Å². The third-order valence-electron chi connectivity index (χ3n) is 3.50. The monoisotopic (exact) mass is 336 g/mol. The Kier molecular flexibility index (Phi) is 4.42. The first-order chi connectivity index (χ1) is 11.0. The molecule has 8 heteroatoms. The third-order valence-corrected chi connectivity index (χ3v) is 4.61. The van der Waals surface area contributed by atoms with Crippen LogP contribution in [0.25, 0.3) is 0 Å². The predicted molar refractivity (Wildman–Crippen MR) is 84.7 cm³/mol. The van der Waals surface area contributed by atoms with Crippen molar-refractivity contribution >= 4 is 35.2 Å². The maximum absolute atomic E-state index is 12.1. The number of ether oxygens (including phenoxy) is 2. The molecule has 1 aromatic rings. The summed E-state index contributed by atoms with van der Waals surface area (Å²) >= 11 is 1.28. The lowest BCUT2D eigenvalue weighted by atomic mass is 10.2. The van der Waals surface area contributed by atoms with Gasteiger partial charge in [-0.3, -0.25) is 19.3 Å². The summed E-state index contributed by atoms with van der Waals surface area (Å²) in [5.41, 5.74) is 0.526. The molecular weight excluding hydrogens is 320 g/mol. The molecule has 1 aromatic carbocycles. The van der Waals surface area contributed by atoms with Crippen molar-refractivity contribution in [3.63, 3.8) is 0 Å². The van der Waals surface area contributed by atoms with Crippen molar-refractivity contribution in [3.8, 4) is 11.5 Å². The van der Waals surface area contributed by atoms with E-state index in [1.54, 1.807) is 25.1 Å². The molecule has 1 saturated heterocycles. The van der Waals surface area contributed by atoms with E-state index in [0.29, 0.717) is 30.4 Å². The Morgan fingerprint density at radius 2 is 2.04 bits per heavy atom. The molecule has 2 aliphatic rings. The van der Waals surface area contributed by atoms with E-state index in [1.165, 1.54) is 11.8 Å². The fourth-order valence-corrected chi connectivity index (χ4v) is 3.14. The summed E-state index contributed by atoms with van der Waals surface area (Å²) in [4.78, 5) is 36.9. The molecule has 3 amide bonds. The zero-order chi connectivity index (χ0) is 16.4. The van der Waals surface area contributed by atoms with Crippen molar-refractivity contribution in [2.45, 2.75) is 12.2 Å². The first-order valence-corrected chi connectivity index (χ1v) is 8.25. The molecule has 2 heterocycles. The van der Waals surface area contributed by atoms with E-state index in [0.717, 1.165) is 4.90 Å². The van der Waals surface area contributed by atoms with E-state index in [4.69, 9.17) is 9.47 Å². The number of anilines is 1. The molecule has 23 heavy (non-hydrogen) atoms. The number of nitrogens with zero attached hydrogens (tertiary/aromatic N) is 1. The van der Waals surface area contributed by atoms with Crippen LogP contribution in [-0.4, -0.2) is 53.4 Å². The maximum atomic E-state index is 12.1. The Balaban J connectivity index is 1.65. The number of carbonyl (C=O) groups is 3. The molecule has 0 spiro atoms. The van der Waals surface area contributed by atoms with E-state index in [9.17, 15) is 14.4 Å². The second-order valence-corrected chi connectivity index (χ2v) is 6.51. The van der Waals surface area contributed by atoms with Crippen molar-refractivity contribution in [1.29, 1.82) is 0 Å². The average Bonchev–Trinajstić information content (AvgIpc) is 2.55. The van der Waals surface area contributed by atoms with Crippen LogP contribution in [0.1, 0.15) is 6.92 Å². The van der Waals surface area contributed by atoms with Gasteiger partial charge in [0.15, 0.2) is 11.5 Å². The van der Waals surface area contributed by atoms with Crippen molar-refractivity contribution < 1.29 is 23.9 Å². The largest absolute Gasteiger partial charge is 0.486 e. The Hall–Kier alpha value is -2.22. The molecule has 1 atom stereocenters. The molecule has 7 nitrogen and oxygen atoms in total. The summed E-state index contributed by atoms with van der Waals surface area (Å²) in [6.07, 6.45) is 0. The fourth-order valence-electron chi connectivity index (χ4n) is 2.32. The number of imide groups is 1. The number of amides is 3. The van der Waals surface area contributed by atoms with Crippen LogP contribution in [0.3, 0.4) is 0 Å². The Morgan fingerprint density at radius 3 is 2.83 bits per heavy atom. The summed E-state index contributed by atoms with van der Waals surface area (Å²) in [5.74, 6) is 0.302. The van der Waals surface area contributed by atoms with Crippen LogP contribution in [0.5, 0.6) is 11.5 Å². The SMILES string of the molecule is C[C@@H]1SCC(=O)N(CC(=O)Nc2ccc3c(c2)OCCO3)C1=O. The van der Waals surface area contributed by atoms with Gasteiger partial charge in [-0.15, -0.1) is 11.8 Å². The third kappa shape index (κ3) is 3.42. The zero-order valence-electron chi connectivity index (χ0n) is 12.5.